The molecule has 0 rings (SSSR count). The number of rotatable bonds is 8. The van der Waals surface area contributed by atoms with E-state index in [1.807, 2.05) is 6.92 Å². The Morgan fingerprint density at radius 2 is 1.67 bits per heavy atom. The van der Waals surface area contributed by atoms with Crippen LogP contribution in [0, 0.1) is 11.8 Å². The summed E-state index contributed by atoms with van der Waals surface area (Å²) in [7, 11) is 0. The molecule has 0 heterocycles. The highest BCUT2D eigenvalue weighted by atomic mass is 16.5. The highest BCUT2D eigenvalue weighted by Gasteiger charge is 2.22. The van der Waals surface area contributed by atoms with Gasteiger partial charge in [-0.2, -0.15) is 0 Å². The van der Waals surface area contributed by atoms with Crippen molar-refractivity contribution in [3.8, 4) is 0 Å². The van der Waals surface area contributed by atoms with E-state index in [0.717, 1.165) is 18.8 Å². The minimum absolute atomic E-state index is 0.00200. The van der Waals surface area contributed by atoms with Gasteiger partial charge in [-0.15, -0.1) is 0 Å². The maximum absolute atomic E-state index is 10.00. The second-order valence-corrected chi connectivity index (χ2v) is 5.06. The van der Waals surface area contributed by atoms with E-state index in [1.165, 1.54) is 6.42 Å². The Bertz CT molecular complexity index is 143. The van der Waals surface area contributed by atoms with E-state index in [2.05, 4.69) is 27.7 Å². The van der Waals surface area contributed by atoms with Crippen molar-refractivity contribution in [2.45, 2.75) is 66.1 Å². The molecule has 15 heavy (non-hydrogen) atoms. The van der Waals surface area contributed by atoms with Crippen molar-refractivity contribution < 1.29 is 9.84 Å². The van der Waals surface area contributed by atoms with Crippen molar-refractivity contribution in [2.75, 3.05) is 6.61 Å². The molecular formula is C13H28O2. The summed E-state index contributed by atoms with van der Waals surface area (Å²) >= 11 is 0. The number of hydrogen-bond donors (Lipinski definition) is 1. The molecule has 0 aromatic rings. The first kappa shape index (κ1) is 14.9. The lowest BCUT2D eigenvalue weighted by molar-refractivity contribution is -0.0604. The van der Waals surface area contributed by atoms with Crippen molar-refractivity contribution in [1.82, 2.24) is 0 Å². The predicted octanol–water partition coefficient (Wildman–Crippen LogP) is 3.23. The van der Waals surface area contributed by atoms with Gasteiger partial charge in [-0.05, 0) is 25.2 Å². The molecule has 0 aliphatic rings. The first-order chi connectivity index (χ1) is 6.99. The summed E-state index contributed by atoms with van der Waals surface area (Å²) in [6, 6.07) is 0. The van der Waals surface area contributed by atoms with Gasteiger partial charge in [0.05, 0.1) is 12.2 Å². The zero-order valence-electron chi connectivity index (χ0n) is 11.0. The molecule has 0 aliphatic heterocycles. The maximum atomic E-state index is 10.00. The van der Waals surface area contributed by atoms with Gasteiger partial charge in [0.1, 0.15) is 0 Å². The average molecular weight is 216 g/mol. The summed E-state index contributed by atoms with van der Waals surface area (Å²) in [5.41, 5.74) is 0. The summed E-state index contributed by atoms with van der Waals surface area (Å²) in [5, 5.41) is 10.00. The number of aliphatic hydroxyl groups is 1. The second kappa shape index (κ2) is 8.12. The molecule has 0 bridgehead atoms. The van der Waals surface area contributed by atoms with Crippen LogP contribution in [0.15, 0.2) is 0 Å². The van der Waals surface area contributed by atoms with Crippen LogP contribution in [0.2, 0.25) is 0 Å². The Morgan fingerprint density at radius 3 is 2.07 bits per heavy atom. The van der Waals surface area contributed by atoms with Gasteiger partial charge < -0.3 is 9.84 Å². The van der Waals surface area contributed by atoms with Crippen LogP contribution in [0.5, 0.6) is 0 Å². The molecule has 0 radical (unpaired) electrons. The fourth-order valence-corrected chi connectivity index (χ4v) is 1.84. The lowest BCUT2D eigenvalue weighted by atomic mass is 9.96. The van der Waals surface area contributed by atoms with Crippen LogP contribution >= 0.6 is 0 Å². The quantitative estimate of drug-likeness (QED) is 0.675. The third-order valence-electron chi connectivity index (χ3n) is 2.68. The predicted molar refractivity (Wildman–Crippen MR) is 64.9 cm³/mol. The fraction of sp³-hybridized carbons (Fsp3) is 1.00. The van der Waals surface area contributed by atoms with Crippen LogP contribution in [0.25, 0.3) is 0 Å². The molecule has 0 saturated carbocycles. The molecule has 2 nitrogen and oxygen atoms in total. The van der Waals surface area contributed by atoms with Gasteiger partial charge in [0.2, 0.25) is 0 Å². The van der Waals surface area contributed by atoms with Crippen molar-refractivity contribution in [1.29, 1.82) is 0 Å². The van der Waals surface area contributed by atoms with E-state index in [1.54, 1.807) is 0 Å². The molecule has 92 valence electrons. The Hall–Kier alpha value is -0.0800. The second-order valence-electron chi connectivity index (χ2n) is 5.06. The van der Waals surface area contributed by atoms with Gasteiger partial charge in [0, 0.05) is 6.61 Å². The maximum Gasteiger partial charge on any atom is 0.0856 e. The molecule has 0 aromatic heterocycles. The van der Waals surface area contributed by atoms with E-state index in [4.69, 9.17) is 4.74 Å². The topological polar surface area (TPSA) is 29.5 Å². The third-order valence-corrected chi connectivity index (χ3v) is 2.68. The fourth-order valence-electron chi connectivity index (χ4n) is 1.84. The molecular weight excluding hydrogens is 188 g/mol. The molecule has 0 aromatic carbocycles. The van der Waals surface area contributed by atoms with Gasteiger partial charge in [0.25, 0.3) is 0 Å². The van der Waals surface area contributed by atoms with Crippen molar-refractivity contribution in [3.63, 3.8) is 0 Å². The molecule has 2 heteroatoms. The molecule has 0 fully saturated rings. The first-order valence-corrected chi connectivity index (χ1v) is 6.28. The Kier molecular flexibility index (Phi) is 8.07. The molecule has 1 N–H and O–H groups in total. The van der Waals surface area contributed by atoms with Crippen LogP contribution in [-0.2, 0) is 4.74 Å². The average Bonchev–Trinajstić information content (AvgIpc) is 2.12. The van der Waals surface area contributed by atoms with Gasteiger partial charge >= 0.3 is 0 Å². The highest BCUT2D eigenvalue weighted by Crippen LogP contribution is 2.17. The number of ether oxygens (including phenoxy) is 1. The minimum atomic E-state index is -0.302. The van der Waals surface area contributed by atoms with Gasteiger partial charge in [-0.25, -0.2) is 0 Å². The summed E-state index contributed by atoms with van der Waals surface area (Å²) in [6.45, 7) is 11.3. The van der Waals surface area contributed by atoms with E-state index in [0.29, 0.717) is 12.5 Å². The largest absolute Gasteiger partial charge is 0.390 e. The molecule has 2 atom stereocenters. The Labute approximate surface area is 95.0 Å². The van der Waals surface area contributed by atoms with Crippen LogP contribution < -0.4 is 0 Å². The van der Waals surface area contributed by atoms with Crippen LogP contribution in [-0.4, -0.2) is 23.9 Å². The molecule has 0 amide bonds. The summed E-state index contributed by atoms with van der Waals surface area (Å²) in [5.74, 6) is 1.11. The molecule has 0 spiro atoms. The lowest BCUT2D eigenvalue weighted by Gasteiger charge is -2.26. The molecule has 0 saturated heterocycles. The smallest absolute Gasteiger partial charge is 0.0856 e. The van der Waals surface area contributed by atoms with Crippen molar-refractivity contribution in [3.05, 3.63) is 0 Å². The standard InChI is InChI=1S/C13H28O2/c1-6-15-13(11(4)5)12(14)9-7-8-10(2)3/h10-14H,6-9H2,1-5H3. The first-order valence-electron chi connectivity index (χ1n) is 6.28. The van der Waals surface area contributed by atoms with E-state index in [-0.39, 0.29) is 12.2 Å². The van der Waals surface area contributed by atoms with Gasteiger partial charge in [-0.3, -0.25) is 0 Å². The monoisotopic (exact) mass is 216 g/mol. The Morgan fingerprint density at radius 1 is 1.07 bits per heavy atom. The zero-order chi connectivity index (χ0) is 11.8. The van der Waals surface area contributed by atoms with E-state index >= 15 is 0 Å². The van der Waals surface area contributed by atoms with Crippen LogP contribution in [0.1, 0.15) is 53.9 Å². The van der Waals surface area contributed by atoms with E-state index < -0.39 is 0 Å². The summed E-state index contributed by atoms with van der Waals surface area (Å²) in [6.07, 6.45) is 2.84. The normalized spacial score (nSPS) is 16.0. The highest BCUT2D eigenvalue weighted by molar-refractivity contribution is 4.72. The number of hydrogen-bond acceptors (Lipinski definition) is 2. The molecule has 0 aliphatic carbocycles. The van der Waals surface area contributed by atoms with Crippen LogP contribution in [0.3, 0.4) is 0 Å². The van der Waals surface area contributed by atoms with Crippen LogP contribution in [0.4, 0.5) is 0 Å². The minimum Gasteiger partial charge on any atom is -0.390 e. The Balaban J connectivity index is 3.86. The summed E-state index contributed by atoms with van der Waals surface area (Å²) < 4.78 is 5.57. The van der Waals surface area contributed by atoms with Gasteiger partial charge in [-0.1, -0.05) is 40.5 Å². The zero-order valence-corrected chi connectivity index (χ0v) is 11.0. The third kappa shape index (κ3) is 6.91. The van der Waals surface area contributed by atoms with Crippen molar-refractivity contribution in [2.24, 2.45) is 11.8 Å². The SMILES string of the molecule is CCOC(C(C)C)C(O)CCCC(C)C. The number of aliphatic hydroxyl groups excluding tert-OH is 1. The lowest BCUT2D eigenvalue weighted by Crippen LogP contribution is -2.33. The van der Waals surface area contributed by atoms with Gasteiger partial charge in [0.15, 0.2) is 0 Å². The van der Waals surface area contributed by atoms with E-state index in [9.17, 15) is 5.11 Å². The molecule has 2 unspecified atom stereocenters. The van der Waals surface area contributed by atoms with Crippen molar-refractivity contribution >= 4 is 0 Å². The summed E-state index contributed by atoms with van der Waals surface area (Å²) in [4.78, 5) is 0.